The Labute approximate surface area is 159 Å². The van der Waals surface area contributed by atoms with Crippen LogP contribution in [-0.4, -0.2) is 53.6 Å². The zero-order chi connectivity index (χ0) is 20.1. The second-order valence-corrected chi connectivity index (χ2v) is 9.43. The van der Waals surface area contributed by atoms with E-state index in [4.69, 9.17) is 0 Å². The average molecular weight is 413 g/mol. The highest BCUT2D eigenvalue weighted by Gasteiger charge is 2.36. The van der Waals surface area contributed by atoms with Gasteiger partial charge in [-0.15, -0.1) is 0 Å². The van der Waals surface area contributed by atoms with Crippen molar-refractivity contribution in [1.82, 2.24) is 14.7 Å². The standard InChI is InChI=1S/C18H18F3N3O3S/c19-18(20,21)13-2-1-3-14(10-13)24-16(12-4-5-12)15(11-22-24)17(25)23-6-8-28(26,27)9-7-23/h1-3,10-12H,4-9H2. The Morgan fingerprint density at radius 1 is 1.14 bits per heavy atom. The molecule has 1 aromatic heterocycles. The Morgan fingerprint density at radius 3 is 2.43 bits per heavy atom. The lowest BCUT2D eigenvalue weighted by Crippen LogP contribution is -2.43. The summed E-state index contributed by atoms with van der Waals surface area (Å²) >= 11 is 0. The molecule has 1 aliphatic carbocycles. The first-order chi connectivity index (χ1) is 13.2. The number of amides is 1. The number of alkyl halides is 3. The summed E-state index contributed by atoms with van der Waals surface area (Å²) < 4.78 is 63.8. The van der Waals surface area contributed by atoms with Crippen molar-refractivity contribution in [2.24, 2.45) is 0 Å². The number of benzene rings is 1. The van der Waals surface area contributed by atoms with Crippen molar-refractivity contribution in [3.63, 3.8) is 0 Å². The lowest BCUT2D eigenvalue weighted by molar-refractivity contribution is -0.137. The number of aromatic nitrogens is 2. The molecule has 150 valence electrons. The fourth-order valence-corrected chi connectivity index (χ4v) is 4.58. The van der Waals surface area contributed by atoms with Gasteiger partial charge in [-0.2, -0.15) is 18.3 Å². The first-order valence-corrected chi connectivity index (χ1v) is 10.7. The summed E-state index contributed by atoms with van der Waals surface area (Å²) in [5, 5.41) is 4.20. The van der Waals surface area contributed by atoms with E-state index in [1.165, 1.54) is 27.9 Å². The molecule has 1 aliphatic heterocycles. The van der Waals surface area contributed by atoms with Crippen LogP contribution in [0.15, 0.2) is 30.5 Å². The molecular formula is C18H18F3N3O3S. The van der Waals surface area contributed by atoms with Crippen LogP contribution in [0.1, 0.15) is 40.4 Å². The largest absolute Gasteiger partial charge is 0.416 e. The highest BCUT2D eigenvalue weighted by Crippen LogP contribution is 2.43. The molecule has 0 N–H and O–H groups in total. The zero-order valence-corrected chi connectivity index (χ0v) is 15.6. The number of sulfone groups is 1. The van der Waals surface area contributed by atoms with Crippen molar-refractivity contribution in [2.45, 2.75) is 24.9 Å². The van der Waals surface area contributed by atoms with Crippen LogP contribution >= 0.6 is 0 Å². The Morgan fingerprint density at radius 2 is 1.82 bits per heavy atom. The lowest BCUT2D eigenvalue weighted by Gasteiger charge is -2.26. The number of hydrogen-bond donors (Lipinski definition) is 0. The van der Waals surface area contributed by atoms with E-state index < -0.39 is 21.6 Å². The van der Waals surface area contributed by atoms with E-state index >= 15 is 0 Å². The van der Waals surface area contributed by atoms with E-state index in [1.807, 2.05) is 0 Å². The van der Waals surface area contributed by atoms with Crippen LogP contribution in [0.4, 0.5) is 13.2 Å². The quantitative estimate of drug-likeness (QED) is 0.776. The Balaban J connectivity index is 1.69. The maximum absolute atomic E-state index is 13.1. The number of hydrogen-bond acceptors (Lipinski definition) is 4. The molecular weight excluding hydrogens is 395 g/mol. The molecule has 1 aromatic carbocycles. The number of carbonyl (C=O) groups is 1. The SMILES string of the molecule is O=C(c1cnn(-c2cccc(C(F)(F)F)c2)c1C1CC1)N1CCS(=O)(=O)CC1. The predicted octanol–water partition coefficient (Wildman–Crippen LogP) is 2.64. The predicted molar refractivity (Wildman–Crippen MR) is 95.1 cm³/mol. The maximum atomic E-state index is 13.1. The van der Waals surface area contributed by atoms with Gasteiger partial charge in [-0.05, 0) is 31.0 Å². The Hall–Kier alpha value is -2.36. The third-order valence-corrected chi connectivity index (χ3v) is 6.66. The van der Waals surface area contributed by atoms with Gasteiger partial charge in [0.2, 0.25) is 0 Å². The summed E-state index contributed by atoms with van der Waals surface area (Å²) in [5.74, 6) is -0.432. The molecule has 0 atom stereocenters. The van der Waals surface area contributed by atoms with Crippen molar-refractivity contribution in [3.05, 3.63) is 47.3 Å². The summed E-state index contributed by atoms with van der Waals surface area (Å²) in [4.78, 5) is 14.4. The molecule has 10 heteroatoms. The average Bonchev–Trinajstić information content (AvgIpc) is 3.38. The van der Waals surface area contributed by atoms with Gasteiger partial charge in [0, 0.05) is 19.0 Å². The van der Waals surface area contributed by atoms with Gasteiger partial charge >= 0.3 is 6.18 Å². The summed E-state index contributed by atoms with van der Waals surface area (Å²) in [6.07, 6.45) is -1.43. The van der Waals surface area contributed by atoms with Gasteiger partial charge in [-0.25, -0.2) is 13.1 Å². The molecule has 6 nitrogen and oxygen atoms in total. The normalized spacial score (nSPS) is 19.6. The van der Waals surface area contributed by atoms with Crippen LogP contribution in [-0.2, 0) is 16.0 Å². The van der Waals surface area contributed by atoms with Crippen LogP contribution in [0.2, 0.25) is 0 Å². The highest BCUT2D eigenvalue weighted by molar-refractivity contribution is 7.91. The Kier molecular flexibility index (Phi) is 4.48. The van der Waals surface area contributed by atoms with Gasteiger partial charge in [0.15, 0.2) is 9.84 Å². The summed E-state index contributed by atoms with van der Waals surface area (Å²) in [7, 11) is -3.12. The second kappa shape index (κ2) is 6.61. The van der Waals surface area contributed by atoms with E-state index in [1.54, 1.807) is 0 Å². The van der Waals surface area contributed by atoms with Crippen LogP contribution in [0.5, 0.6) is 0 Å². The van der Waals surface area contributed by atoms with Crippen LogP contribution < -0.4 is 0 Å². The lowest BCUT2D eigenvalue weighted by atomic mass is 10.1. The zero-order valence-electron chi connectivity index (χ0n) is 14.8. The molecule has 0 unspecified atom stereocenters. The van der Waals surface area contributed by atoms with Gasteiger partial charge in [-0.3, -0.25) is 4.79 Å². The third-order valence-electron chi connectivity index (χ3n) is 5.05. The molecule has 0 spiro atoms. The number of rotatable bonds is 3. The molecule has 2 aromatic rings. The van der Waals surface area contributed by atoms with Crippen molar-refractivity contribution < 1.29 is 26.4 Å². The van der Waals surface area contributed by atoms with E-state index in [9.17, 15) is 26.4 Å². The molecule has 2 heterocycles. The number of halogens is 3. The van der Waals surface area contributed by atoms with Gasteiger partial charge in [0.05, 0.1) is 40.2 Å². The first kappa shape index (κ1) is 19.0. The van der Waals surface area contributed by atoms with Gasteiger partial charge in [0.1, 0.15) is 0 Å². The Bertz CT molecular complexity index is 1010. The second-order valence-electron chi connectivity index (χ2n) is 7.12. The summed E-state index contributed by atoms with van der Waals surface area (Å²) in [5.41, 5.74) is 0.394. The molecule has 2 fully saturated rings. The molecule has 1 saturated heterocycles. The summed E-state index contributed by atoms with van der Waals surface area (Å²) in [6.45, 7) is 0.222. The topological polar surface area (TPSA) is 72.3 Å². The smallest absolute Gasteiger partial charge is 0.337 e. The van der Waals surface area contributed by atoms with Crippen molar-refractivity contribution in [3.8, 4) is 5.69 Å². The molecule has 0 bridgehead atoms. The van der Waals surface area contributed by atoms with Gasteiger partial charge in [0.25, 0.3) is 5.91 Å². The van der Waals surface area contributed by atoms with Gasteiger partial charge < -0.3 is 4.90 Å². The molecule has 0 radical (unpaired) electrons. The van der Waals surface area contributed by atoms with Crippen LogP contribution in [0.25, 0.3) is 5.69 Å². The molecule has 2 aliphatic rings. The van der Waals surface area contributed by atoms with Crippen LogP contribution in [0, 0.1) is 0 Å². The monoisotopic (exact) mass is 413 g/mol. The van der Waals surface area contributed by atoms with E-state index in [-0.39, 0.29) is 42.1 Å². The van der Waals surface area contributed by atoms with E-state index in [0.717, 1.165) is 25.0 Å². The number of carbonyl (C=O) groups excluding carboxylic acids is 1. The minimum absolute atomic E-state index is 0.0597. The molecule has 28 heavy (non-hydrogen) atoms. The molecule has 1 amide bonds. The fourth-order valence-electron chi connectivity index (χ4n) is 3.38. The van der Waals surface area contributed by atoms with E-state index in [2.05, 4.69) is 5.10 Å². The van der Waals surface area contributed by atoms with Crippen molar-refractivity contribution >= 4 is 15.7 Å². The minimum atomic E-state index is -4.47. The summed E-state index contributed by atoms with van der Waals surface area (Å²) in [6, 6.07) is 4.84. The molecule has 4 rings (SSSR count). The minimum Gasteiger partial charge on any atom is -0.337 e. The number of nitrogens with zero attached hydrogens (tertiary/aromatic N) is 3. The fraction of sp³-hybridized carbons (Fsp3) is 0.444. The van der Waals surface area contributed by atoms with Crippen molar-refractivity contribution in [2.75, 3.05) is 24.6 Å². The maximum Gasteiger partial charge on any atom is 0.416 e. The van der Waals surface area contributed by atoms with Gasteiger partial charge in [-0.1, -0.05) is 6.07 Å². The van der Waals surface area contributed by atoms with E-state index in [0.29, 0.717) is 11.3 Å². The molecule has 1 saturated carbocycles. The van der Waals surface area contributed by atoms with Crippen molar-refractivity contribution in [1.29, 1.82) is 0 Å². The highest BCUT2D eigenvalue weighted by atomic mass is 32.2. The first-order valence-electron chi connectivity index (χ1n) is 8.91. The third kappa shape index (κ3) is 3.65. The van der Waals surface area contributed by atoms with Crippen LogP contribution in [0.3, 0.4) is 0 Å².